The van der Waals surface area contributed by atoms with Gasteiger partial charge in [-0.1, -0.05) is 37.6 Å². The number of benzene rings is 2. The largest absolute Gasteiger partial charge is 0.309 e. The third kappa shape index (κ3) is 4.40. The van der Waals surface area contributed by atoms with Crippen molar-refractivity contribution in [1.29, 1.82) is 0 Å². The van der Waals surface area contributed by atoms with Gasteiger partial charge in [-0.05, 0) is 55.9 Å². The highest BCUT2D eigenvalue weighted by atomic mass is 35.5. The van der Waals surface area contributed by atoms with Gasteiger partial charge in [0.15, 0.2) is 0 Å². The van der Waals surface area contributed by atoms with Crippen molar-refractivity contribution in [1.82, 2.24) is 8.87 Å². The molecule has 2 aromatic carbocycles. The van der Waals surface area contributed by atoms with E-state index in [2.05, 4.69) is 18.7 Å². The van der Waals surface area contributed by atoms with E-state index in [1.54, 1.807) is 42.2 Å². The number of hydrogen-bond donors (Lipinski definition) is 0. The molecule has 0 fully saturated rings. The number of aromatic nitrogens is 1. The summed E-state index contributed by atoms with van der Waals surface area (Å²) in [5.74, 6) is 1.22. The highest BCUT2D eigenvalue weighted by molar-refractivity contribution is 7.99. The average Bonchev–Trinajstić information content (AvgIpc) is 3.00. The zero-order chi connectivity index (χ0) is 20.5. The Morgan fingerprint density at radius 3 is 2.39 bits per heavy atom. The van der Waals surface area contributed by atoms with Crippen LogP contribution in [0.3, 0.4) is 0 Å². The normalized spacial score (nSPS) is 12.4. The maximum atomic E-state index is 13.3. The second kappa shape index (κ2) is 8.49. The number of nitrogens with zero attached hydrogens (tertiary/aromatic N) is 2. The first kappa shape index (κ1) is 21.2. The SMILES string of the molecule is CC(C)c1ccc(S(=O)(=O)n2cc(SCCN(C)C)c3cc(Cl)ccc32)cc1. The smallest absolute Gasteiger partial charge is 0.268 e. The summed E-state index contributed by atoms with van der Waals surface area (Å²) >= 11 is 7.83. The molecule has 0 aliphatic rings. The average molecular weight is 437 g/mol. The van der Waals surface area contributed by atoms with Crippen molar-refractivity contribution in [2.75, 3.05) is 26.4 Å². The van der Waals surface area contributed by atoms with E-state index in [1.807, 2.05) is 32.3 Å². The van der Waals surface area contributed by atoms with Gasteiger partial charge < -0.3 is 4.90 Å². The topological polar surface area (TPSA) is 42.3 Å². The van der Waals surface area contributed by atoms with Crippen LogP contribution in [0.4, 0.5) is 0 Å². The Hall–Kier alpha value is -1.47. The van der Waals surface area contributed by atoms with Crippen molar-refractivity contribution in [3.63, 3.8) is 0 Å². The van der Waals surface area contributed by atoms with Crippen LogP contribution in [0.1, 0.15) is 25.3 Å². The van der Waals surface area contributed by atoms with E-state index in [9.17, 15) is 8.42 Å². The fraction of sp³-hybridized carbons (Fsp3) is 0.333. The van der Waals surface area contributed by atoms with Crippen molar-refractivity contribution >= 4 is 44.3 Å². The molecule has 1 aromatic heterocycles. The third-order valence-electron chi connectivity index (χ3n) is 4.60. The van der Waals surface area contributed by atoms with Crippen LogP contribution in [0, 0.1) is 0 Å². The summed E-state index contributed by atoms with van der Waals surface area (Å²) in [5.41, 5.74) is 1.76. The molecule has 0 unspecified atom stereocenters. The van der Waals surface area contributed by atoms with Crippen molar-refractivity contribution in [2.45, 2.75) is 29.6 Å². The predicted octanol–water partition coefficient (Wildman–Crippen LogP) is 5.31. The molecule has 0 N–H and O–H groups in total. The van der Waals surface area contributed by atoms with E-state index in [1.165, 1.54) is 3.97 Å². The maximum Gasteiger partial charge on any atom is 0.268 e. The van der Waals surface area contributed by atoms with E-state index in [4.69, 9.17) is 11.6 Å². The number of thioether (sulfide) groups is 1. The molecule has 0 aliphatic heterocycles. The fourth-order valence-electron chi connectivity index (χ4n) is 2.93. The van der Waals surface area contributed by atoms with Crippen molar-refractivity contribution in [3.05, 3.63) is 59.2 Å². The minimum atomic E-state index is -3.69. The Kier molecular flexibility index (Phi) is 6.44. The minimum absolute atomic E-state index is 0.286. The molecule has 0 saturated heterocycles. The lowest BCUT2D eigenvalue weighted by Gasteiger charge is -2.10. The molecule has 0 spiro atoms. The molecule has 150 valence electrons. The van der Waals surface area contributed by atoms with Gasteiger partial charge >= 0.3 is 0 Å². The van der Waals surface area contributed by atoms with Crippen LogP contribution in [0.2, 0.25) is 5.02 Å². The van der Waals surface area contributed by atoms with Crippen LogP contribution in [-0.2, 0) is 10.0 Å². The Morgan fingerprint density at radius 2 is 1.79 bits per heavy atom. The lowest BCUT2D eigenvalue weighted by molar-refractivity contribution is 0.437. The molecule has 4 nitrogen and oxygen atoms in total. The Bertz CT molecular complexity index is 1070. The van der Waals surface area contributed by atoms with E-state index < -0.39 is 10.0 Å². The van der Waals surface area contributed by atoms with Crippen LogP contribution in [0.15, 0.2) is 58.5 Å². The lowest BCUT2D eigenvalue weighted by atomic mass is 10.0. The number of halogens is 1. The first-order valence-corrected chi connectivity index (χ1v) is 11.9. The van der Waals surface area contributed by atoms with Gasteiger partial charge in [-0.2, -0.15) is 0 Å². The fourth-order valence-corrected chi connectivity index (χ4v) is 5.72. The minimum Gasteiger partial charge on any atom is -0.309 e. The number of rotatable bonds is 7. The third-order valence-corrected chi connectivity index (χ3v) is 7.54. The van der Waals surface area contributed by atoms with E-state index in [0.29, 0.717) is 16.5 Å². The molecular weight excluding hydrogens is 412 g/mol. The van der Waals surface area contributed by atoms with Gasteiger partial charge in [0.2, 0.25) is 0 Å². The molecule has 7 heteroatoms. The molecule has 3 aromatic rings. The standard InChI is InChI=1S/C21H25ClN2O2S2/c1-15(2)16-5-8-18(9-6-16)28(25,26)24-14-21(27-12-11-23(3)4)19-13-17(22)7-10-20(19)24/h5-10,13-15H,11-12H2,1-4H3. The predicted molar refractivity (Wildman–Crippen MR) is 119 cm³/mol. The number of fused-ring (bicyclic) bond motifs is 1. The summed E-state index contributed by atoms with van der Waals surface area (Å²) in [7, 11) is 0.348. The summed E-state index contributed by atoms with van der Waals surface area (Å²) in [4.78, 5) is 3.31. The molecule has 0 atom stereocenters. The van der Waals surface area contributed by atoms with Gasteiger partial charge in [-0.15, -0.1) is 11.8 Å². The molecule has 0 saturated carbocycles. The van der Waals surface area contributed by atoms with Gasteiger partial charge in [0, 0.05) is 33.8 Å². The Balaban J connectivity index is 2.06. The summed E-state index contributed by atoms with van der Waals surface area (Å²) in [5, 5.41) is 1.46. The van der Waals surface area contributed by atoms with Crippen LogP contribution in [0.25, 0.3) is 10.9 Å². The van der Waals surface area contributed by atoms with Crippen LogP contribution in [-0.4, -0.2) is 43.7 Å². The Labute approximate surface area is 176 Å². The lowest BCUT2D eigenvalue weighted by Crippen LogP contribution is -2.14. The van der Waals surface area contributed by atoms with E-state index in [-0.39, 0.29) is 4.90 Å². The summed E-state index contributed by atoms with van der Waals surface area (Å²) in [6, 6.07) is 12.5. The molecular formula is C21H25ClN2O2S2. The Morgan fingerprint density at radius 1 is 1.11 bits per heavy atom. The van der Waals surface area contributed by atoms with Crippen LogP contribution in [0.5, 0.6) is 0 Å². The van der Waals surface area contributed by atoms with Crippen molar-refractivity contribution < 1.29 is 8.42 Å². The summed E-state index contributed by atoms with van der Waals surface area (Å²) in [6.07, 6.45) is 1.72. The maximum absolute atomic E-state index is 13.3. The van der Waals surface area contributed by atoms with Crippen molar-refractivity contribution in [3.8, 4) is 0 Å². The van der Waals surface area contributed by atoms with E-state index in [0.717, 1.165) is 28.1 Å². The highest BCUT2D eigenvalue weighted by Crippen LogP contribution is 2.34. The summed E-state index contributed by atoms with van der Waals surface area (Å²) < 4.78 is 28.0. The first-order valence-electron chi connectivity index (χ1n) is 9.14. The second-order valence-corrected chi connectivity index (χ2v) is 10.7. The first-order chi connectivity index (χ1) is 13.2. The zero-order valence-electron chi connectivity index (χ0n) is 16.5. The van der Waals surface area contributed by atoms with E-state index >= 15 is 0 Å². The van der Waals surface area contributed by atoms with Gasteiger partial charge in [-0.3, -0.25) is 0 Å². The highest BCUT2D eigenvalue weighted by Gasteiger charge is 2.22. The molecule has 0 amide bonds. The summed E-state index contributed by atoms with van der Waals surface area (Å²) in [6.45, 7) is 5.08. The van der Waals surface area contributed by atoms with Gasteiger partial charge in [0.25, 0.3) is 10.0 Å². The number of hydrogen-bond acceptors (Lipinski definition) is 4. The van der Waals surface area contributed by atoms with Crippen molar-refractivity contribution in [2.24, 2.45) is 0 Å². The molecule has 0 bridgehead atoms. The molecule has 0 aliphatic carbocycles. The molecule has 28 heavy (non-hydrogen) atoms. The van der Waals surface area contributed by atoms with Gasteiger partial charge in [0.05, 0.1) is 10.4 Å². The van der Waals surface area contributed by atoms with Gasteiger partial charge in [-0.25, -0.2) is 12.4 Å². The molecule has 1 heterocycles. The quantitative estimate of drug-likeness (QED) is 0.471. The van der Waals surface area contributed by atoms with Crippen LogP contribution < -0.4 is 0 Å². The monoisotopic (exact) mass is 436 g/mol. The zero-order valence-corrected chi connectivity index (χ0v) is 18.9. The molecule has 0 radical (unpaired) electrons. The van der Waals surface area contributed by atoms with Crippen LogP contribution >= 0.6 is 23.4 Å². The van der Waals surface area contributed by atoms with Gasteiger partial charge in [0.1, 0.15) is 0 Å². The molecule has 3 rings (SSSR count). The second-order valence-electron chi connectivity index (χ2n) is 7.33.